The van der Waals surface area contributed by atoms with Crippen molar-refractivity contribution < 1.29 is 9.59 Å². The van der Waals surface area contributed by atoms with Crippen molar-refractivity contribution in [1.29, 1.82) is 0 Å². The number of carbonyl (C=O) groups is 2. The molecule has 0 radical (unpaired) electrons. The summed E-state index contributed by atoms with van der Waals surface area (Å²) in [7, 11) is 0. The molecule has 144 valence electrons. The number of anilines is 2. The number of fused-ring (bicyclic) bond motifs is 1. The Morgan fingerprint density at radius 3 is 2.63 bits per heavy atom. The summed E-state index contributed by atoms with van der Waals surface area (Å²) in [6, 6.07) is 8.48. The molecule has 0 spiro atoms. The first kappa shape index (κ1) is 18.0. The van der Waals surface area contributed by atoms with E-state index in [1.807, 2.05) is 23.1 Å². The maximum absolute atomic E-state index is 11.9. The van der Waals surface area contributed by atoms with Gasteiger partial charge in [0.1, 0.15) is 0 Å². The van der Waals surface area contributed by atoms with Gasteiger partial charge < -0.3 is 15.1 Å². The Kier molecular flexibility index (Phi) is 5.13. The number of nitrogens with one attached hydrogen (secondary N) is 1. The molecule has 0 aliphatic carbocycles. The summed E-state index contributed by atoms with van der Waals surface area (Å²) in [5.74, 6) is 0.0952. The lowest BCUT2D eigenvalue weighted by atomic mass is 10.1. The minimum absolute atomic E-state index is 0.0377. The quantitative estimate of drug-likeness (QED) is 0.765. The number of benzene rings is 1. The van der Waals surface area contributed by atoms with E-state index < -0.39 is 0 Å². The maximum atomic E-state index is 11.9. The lowest BCUT2D eigenvalue weighted by molar-refractivity contribution is -0.133. The highest BCUT2D eigenvalue weighted by molar-refractivity contribution is 6.01. The standard InChI is InChI=1S/C20H27N5O2/c1-2-20(27)25-13-16(14-25)23-10-7-22(8-11-23)9-12-24-15-19(26)21-17-5-3-4-6-18(17)24/h2-6,16H,1,7-15H2,(H,21,26). The minimum Gasteiger partial charge on any atom is -0.359 e. The monoisotopic (exact) mass is 369 g/mol. The third kappa shape index (κ3) is 3.84. The predicted molar refractivity (Wildman–Crippen MR) is 106 cm³/mol. The Morgan fingerprint density at radius 2 is 1.89 bits per heavy atom. The summed E-state index contributed by atoms with van der Waals surface area (Å²) in [6.45, 7) is 11.6. The Morgan fingerprint density at radius 1 is 1.15 bits per heavy atom. The van der Waals surface area contributed by atoms with Crippen molar-refractivity contribution >= 4 is 23.2 Å². The molecular formula is C20H27N5O2. The molecule has 3 aliphatic rings. The van der Waals surface area contributed by atoms with Crippen LogP contribution in [0.3, 0.4) is 0 Å². The van der Waals surface area contributed by atoms with Crippen molar-refractivity contribution in [2.45, 2.75) is 6.04 Å². The van der Waals surface area contributed by atoms with Crippen LogP contribution < -0.4 is 10.2 Å². The largest absolute Gasteiger partial charge is 0.359 e. The second-order valence-corrected chi connectivity index (χ2v) is 7.47. The van der Waals surface area contributed by atoms with E-state index >= 15 is 0 Å². The highest BCUT2D eigenvalue weighted by Gasteiger charge is 2.35. The van der Waals surface area contributed by atoms with Crippen LogP contribution in [0, 0.1) is 0 Å². The first-order chi connectivity index (χ1) is 13.1. The van der Waals surface area contributed by atoms with Crippen LogP contribution in [0.25, 0.3) is 0 Å². The van der Waals surface area contributed by atoms with Gasteiger partial charge in [-0.05, 0) is 18.2 Å². The van der Waals surface area contributed by atoms with E-state index in [9.17, 15) is 9.59 Å². The van der Waals surface area contributed by atoms with Gasteiger partial charge in [0, 0.05) is 58.4 Å². The van der Waals surface area contributed by atoms with E-state index in [0.29, 0.717) is 12.6 Å². The zero-order valence-corrected chi connectivity index (χ0v) is 15.6. The molecule has 0 unspecified atom stereocenters. The number of para-hydroxylation sites is 2. The number of nitrogens with zero attached hydrogens (tertiary/aromatic N) is 4. The molecular weight excluding hydrogens is 342 g/mol. The van der Waals surface area contributed by atoms with Crippen LogP contribution >= 0.6 is 0 Å². The average molecular weight is 369 g/mol. The molecule has 0 aromatic heterocycles. The molecule has 0 bridgehead atoms. The zero-order valence-electron chi connectivity index (χ0n) is 15.6. The molecule has 4 rings (SSSR count). The van der Waals surface area contributed by atoms with Gasteiger partial charge in [-0.15, -0.1) is 0 Å². The topological polar surface area (TPSA) is 59.1 Å². The molecule has 3 heterocycles. The first-order valence-corrected chi connectivity index (χ1v) is 9.65. The van der Waals surface area contributed by atoms with Crippen molar-refractivity contribution in [1.82, 2.24) is 14.7 Å². The molecule has 2 saturated heterocycles. The molecule has 1 N–H and O–H groups in total. The van der Waals surface area contributed by atoms with Gasteiger partial charge in [0.05, 0.1) is 17.9 Å². The third-order valence-electron chi connectivity index (χ3n) is 5.81. The molecule has 3 aliphatic heterocycles. The molecule has 7 heteroatoms. The van der Waals surface area contributed by atoms with E-state index in [1.165, 1.54) is 6.08 Å². The normalized spacial score (nSPS) is 21.4. The Labute approximate surface area is 160 Å². The second-order valence-electron chi connectivity index (χ2n) is 7.47. The Bertz CT molecular complexity index is 723. The summed E-state index contributed by atoms with van der Waals surface area (Å²) in [6.07, 6.45) is 1.40. The van der Waals surface area contributed by atoms with Gasteiger partial charge >= 0.3 is 0 Å². The molecule has 1 aromatic rings. The number of amides is 2. The van der Waals surface area contributed by atoms with Gasteiger partial charge in [-0.2, -0.15) is 0 Å². The predicted octanol–water partition coefficient (Wildman–Crippen LogP) is 0.460. The van der Waals surface area contributed by atoms with Crippen LogP contribution in [-0.4, -0.2) is 91.5 Å². The fraction of sp³-hybridized carbons (Fsp3) is 0.500. The fourth-order valence-corrected chi connectivity index (χ4v) is 4.11. The van der Waals surface area contributed by atoms with Gasteiger partial charge in [0.25, 0.3) is 0 Å². The number of likely N-dealkylation sites (tertiary alicyclic amines) is 1. The van der Waals surface area contributed by atoms with Crippen LogP contribution in [0.4, 0.5) is 11.4 Å². The molecule has 2 amide bonds. The van der Waals surface area contributed by atoms with Gasteiger partial charge in [-0.3, -0.25) is 19.4 Å². The van der Waals surface area contributed by atoms with E-state index in [0.717, 1.165) is 63.7 Å². The van der Waals surface area contributed by atoms with Gasteiger partial charge in [0.2, 0.25) is 11.8 Å². The molecule has 27 heavy (non-hydrogen) atoms. The molecule has 0 atom stereocenters. The SMILES string of the molecule is C=CC(=O)N1CC(N2CCN(CCN3CC(=O)Nc4ccccc43)CC2)C1. The van der Waals surface area contributed by atoms with E-state index in [1.54, 1.807) is 0 Å². The number of hydrogen-bond donors (Lipinski definition) is 1. The van der Waals surface area contributed by atoms with Crippen LogP contribution in [0.1, 0.15) is 0 Å². The fourth-order valence-electron chi connectivity index (χ4n) is 4.11. The van der Waals surface area contributed by atoms with Gasteiger partial charge in [-0.25, -0.2) is 0 Å². The van der Waals surface area contributed by atoms with Crippen molar-refractivity contribution in [2.75, 3.05) is 69.1 Å². The summed E-state index contributed by atoms with van der Waals surface area (Å²) in [5.41, 5.74) is 2.01. The van der Waals surface area contributed by atoms with Crippen LogP contribution in [0.2, 0.25) is 0 Å². The first-order valence-electron chi connectivity index (χ1n) is 9.65. The van der Waals surface area contributed by atoms with E-state index in [4.69, 9.17) is 0 Å². The number of hydrogen-bond acceptors (Lipinski definition) is 5. The summed E-state index contributed by atoms with van der Waals surface area (Å²) < 4.78 is 0. The van der Waals surface area contributed by atoms with Crippen molar-refractivity contribution in [3.8, 4) is 0 Å². The zero-order chi connectivity index (χ0) is 18.8. The van der Waals surface area contributed by atoms with Gasteiger partial charge in [0.15, 0.2) is 0 Å². The molecule has 0 saturated carbocycles. The van der Waals surface area contributed by atoms with E-state index in [2.05, 4.69) is 32.7 Å². The summed E-state index contributed by atoms with van der Waals surface area (Å²) in [5, 5.41) is 2.94. The van der Waals surface area contributed by atoms with E-state index in [-0.39, 0.29) is 11.8 Å². The molecule has 7 nitrogen and oxygen atoms in total. The van der Waals surface area contributed by atoms with Crippen molar-refractivity contribution in [3.05, 3.63) is 36.9 Å². The highest BCUT2D eigenvalue weighted by Crippen LogP contribution is 2.28. The number of piperazine rings is 1. The Hall–Kier alpha value is -2.38. The highest BCUT2D eigenvalue weighted by atomic mass is 16.2. The maximum Gasteiger partial charge on any atom is 0.246 e. The molecule has 1 aromatic carbocycles. The summed E-state index contributed by atoms with van der Waals surface area (Å²) >= 11 is 0. The van der Waals surface area contributed by atoms with Crippen LogP contribution in [0.5, 0.6) is 0 Å². The number of carbonyl (C=O) groups excluding carboxylic acids is 2. The smallest absolute Gasteiger partial charge is 0.246 e. The number of rotatable bonds is 5. The van der Waals surface area contributed by atoms with Crippen LogP contribution in [0.15, 0.2) is 36.9 Å². The lowest BCUT2D eigenvalue weighted by Crippen LogP contribution is -2.64. The molecule has 2 fully saturated rings. The summed E-state index contributed by atoms with van der Waals surface area (Å²) in [4.78, 5) is 32.5. The average Bonchev–Trinajstić information content (AvgIpc) is 2.65. The van der Waals surface area contributed by atoms with Crippen molar-refractivity contribution in [2.24, 2.45) is 0 Å². The van der Waals surface area contributed by atoms with Gasteiger partial charge in [-0.1, -0.05) is 18.7 Å². The van der Waals surface area contributed by atoms with Crippen LogP contribution in [-0.2, 0) is 9.59 Å². The third-order valence-corrected chi connectivity index (χ3v) is 5.81. The lowest BCUT2D eigenvalue weighted by Gasteiger charge is -2.48. The second kappa shape index (κ2) is 7.70. The minimum atomic E-state index is 0.0377. The van der Waals surface area contributed by atoms with Crippen molar-refractivity contribution in [3.63, 3.8) is 0 Å². The Balaban J connectivity index is 1.23.